The quantitative estimate of drug-likeness (QED) is 0.160. The molecule has 1 atom stereocenters. The minimum Gasteiger partial charge on any atom is -0.497 e. The average molecular weight is 800 g/mol. The number of fused-ring (bicyclic) bond motifs is 10. The van der Waals surface area contributed by atoms with E-state index < -0.39 is 5.60 Å². The van der Waals surface area contributed by atoms with Crippen molar-refractivity contribution in [2.24, 2.45) is 0 Å². The van der Waals surface area contributed by atoms with Gasteiger partial charge in [0.25, 0.3) is 0 Å². The molecule has 0 bridgehead atoms. The first kappa shape index (κ1) is 38.1. The molecule has 0 aromatic heterocycles. The van der Waals surface area contributed by atoms with Crippen LogP contribution in [0.1, 0.15) is 83.9 Å². The SMILES string of the molecule is COc1ccc(C2(c3ccc(N4CCOCC4)cc3)C=Cc3c4c(c5cc(Sc6c(C)cccc6C)c(OC)cc5c3O2)-c2ccccc2C42CCCCCCC2)cc1. The molecule has 6 aromatic carbocycles. The van der Waals surface area contributed by atoms with Gasteiger partial charge in [0.15, 0.2) is 5.60 Å². The number of rotatable bonds is 7. The van der Waals surface area contributed by atoms with Gasteiger partial charge in [0.1, 0.15) is 17.2 Å². The fourth-order valence-corrected chi connectivity index (χ4v) is 11.7. The van der Waals surface area contributed by atoms with Crippen molar-refractivity contribution in [3.8, 4) is 28.4 Å². The first-order valence-corrected chi connectivity index (χ1v) is 22.3. The normalized spacial score (nSPS) is 19.4. The summed E-state index contributed by atoms with van der Waals surface area (Å²) in [5.74, 6) is 2.59. The lowest BCUT2D eigenvalue weighted by Gasteiger charge is -2.40. The summed E-state index contributed by atoms with van der Waals surface area (Å²) in [7, 11) is 3.52. The summed E-state index contributed by atoms with van der Waals surface area (Å²) < 4.78 is 25.5. The van der Waals surface area contributed by atoms with Gasteiger partial charge < -0.3 is 23.8 Å². The Labute approximate surface area is 353 Å². The van der Waals surface area contributed by atoms with E-state index in [0.717, 1.165) is 77.8 Å². The van der Waals surface area contributed by atoms with Crippen LogP contribution in [0, 0.1) is 13.8 Å². The topological polar surface area (TPSA) is 40.2 Å². The highest BCUT2D eigenvalue weighted by Crippen LogP contribution is 2.62. The standard InChI is InChI=1S/C53H53NO4S/c1-35-13-12-14-36(2)51(35)59-47-34-43-44(33-46(47)56-4)50-42(49-48(43)41-15-8-9-16-45(41)52(49)26-10-6-5-7-11-27-52)25-28-53(58-50,38-19-23-40(55-3)24-20-38)37-17-21-39(22-18-37)54-29-31-57-32-30-54/h8-9,12-25,28,33-34H,5-7,10-11,26-27,29-32H2,1-4H3. The van der Waals surface area contributed by atoms with Gasteiger partial charge in [-0.25, -0.2) is 0 Å². The summed E-state index contributed by atoms with van der Waals surface area (Å²) in [5.41, 5.74) is 11.7. The number of ether oxygens (including phenoxy) is 4. The summed E-state index contributed by atoms with van der Waals surface area (Å²) >= 11 is 1.81. The summed E-state index contributed by atoms with van der Waals surface area (Å²) in [6, 6.07) is 37.9. The highest BCUT2D eigenvalue weighted by molar-refractivity contribution is 7.99. The molecule has 6 heteroatoms. The zero-order chi connectivity index (χ0) is 40.1. The maximum Gasteiger partial charge on any atom is 0.178 e. The number of methoxy groups -OCH3 is 2. The molecule has 1 unspecified atom stereocenters. The van der Waals surface area contributed by atoms with Crippen molar-refractivity contribution in [1.29, 1.82) is 0 Å². The van der Waals surface area contributed by atoms with E-state index in [9.17, 15) is 0 Å². The van der Waals surface area contributed by atoms with Gasteiger partial charge in [0.2, 0.25) is 0 Å². The Bertz CT molecular complexity index is 2540. The maximum atomic E-state index is 7.85. The number of aryl methyl sites for hydroxylation is 2. The zero-order valence-corrected chi connectivity index (χ0v) is 35.6. The highest BCUT2D eigenvalue weighted by Gasteiger charge is 2.48. The number of benzene rings is 6. The molecule has 1 spiro atoms. The zero-order valence-electron chi connectivity index (χ0n) is 34.7. The van der Waals surface area contributed by atoms with E-state index in [4.69, 9.17) is 18.9 Å². The van der Waals surface area contributed by atoms with Crippen LogP contribution in [0.5, 0.6) is 17.2 Å². The van der Waals surface area contributed by atoms with E-state index in [1.807, 2.05) is 23.9 Å². The number of nitrogens with zero attached hydrogens (tertiary/aromatic N) is 1. The predicted molar refractivity (Wildman–Crippen MR) is 242 cm³/mol. The van der Waals surface area contributed by atoms with Crippen LogP contribution in [0.2, 0.25) is 0 Å². The van der Waals surface area contributed by atoms with E-state index in [0.29, 0.717) is 0 Å². The Hall–Kier alpha value is -5.17. The third-order valence-corrected chi connectivity index (χ3v) is 14.9. The Morgan fingerprint density at radius 3 is 2.07 bits per heavy atom. The molecule has 300 valence electrons. The first-order valence-electron chi connectivity index (χ1n) is 21.5. The molecule has 10 rings (SSSR count). The monoisotopic (exact) mass is 799 g/mol. The van der Waals surface area contributed by atoms with Crippen molar-refractivity contribution in [2.45, 2.75) is 79.6 Å². The van der Waals surface area contributed by atoms with Gasteiger partial charge in [-0.05, 0) is 108 Å². The van der Waals surface area contributed by atoms with E-state index in [-0.39, 0.29) is 5.41 Å². The van der Waals surface area contributed by atoms with E-state index >= 15 is 0 Å². The molecule has 2 aliphatic carbocycles. The molecule has 1 saturated carbocycles. The molecule has 0 amide bonds. The predicted octanol–water partition coefficient (Wildman–Crippen LogP) is 12.8. The van der Waals surface area contributed by atoms with Crippen LogP contribution in [0.25, 0.3) is 28.0 Å². The minimum absolute atomic E-state index is 0.0991. The number of hydrogen-bond donors (Lipinski definition) is 0. The fourth-order valence-electron chi connectivity index (χ4n) is 10.6. The second-order valence-electron chi connectivity index (χ2n) is 16.8. The van der Waals surface area contributed by atoms with Gasteiger partial charge in [-0.3, -0.25) is 0 Å². The smallest absolute Gasteiger partial charge is 0.178 e. The number of hydrogen-bond acceptors (Lipinski definition) is 6. The van der Waals surface area contributed by atoms with Crippen LogP contribution < -0.4 is 19.1 Å². The van der Waals surface area contributed by atoms with E-state index in [1.54, 1.807) is 14.2 Å². The molecule has 0 N–H and O–H groups in total. The molecule has 2 aliphatic heterocycles. The lowest BCUT2D eigenvalue weighted by molar-refractivity contribution is 0.122. The molecule has 2 fully saturated rings. The maximum absolute atomic E-state index is 7.85. The van der Waals surface area contributed by atoms with Crippen molar-refractivity contribution in [2.75, 3.05) is 45.4 Å². The fraction of sp³-hybridized carbons (Fsp3) is 0.321. The molecular formula is C53H53NO4S. The van der Waals surface area contributed by atoms with Crippen molar-refractivity contribution < 1.29 is 18.9 Å². The van der Waals surface area contributed by atoms with Crippen LogP contribution in [-0.4, -0.2) is 40.5 Å². The van der Waals surface area contributed by atoms with Crippen LogP contribution in [0.15, 0.2) is 119 Å². The number of morpholine rings is 1. The van der Waals surface area contributed by atoms with Crippen molar-refractivity contribution in [3.05, 3.63) is 148 Å². The Kier molecular flexibility index (Phi) is 9.97. The van der Waals surface area contributed by atoms with Gasteiger partial charge in [-0.1, -0.05) is 117 Å². The summed E-state index contributed by atoms with van der Waals surface area (Å²) in [5, 5.41) is 2.30. The van der Waals surface area contributed by atoms with Crippen molar-refractivity contribution in [1.82, 2.24) is 0 Å². The van der Waals surface area contributed by atoms with Crippen molar-refractivity contribution in [3.63, 3.8) is 0 Å². The average Bonchev–Trinajstić information content (AvgIpc) is 3.56. The summed E-state index contributed by atoms with van der Waals surface area (Å²) in [6.45, 7) is 7.68. The minimum atomic E-state index is -0.900. The third-order valence-electron chi connectivity index (χ3n) is 13.5. The molecule has 0 radical (unpaired) electrons. The molecule has 59 heavy (non-hydrogen) atoms. The largest absolute Gasteiger partial charge is 0.497 e. The van der Waals surface area contributed by atoms with Gasteiger partial charge in [0.05, 0.1) is 32.3 Å². The number of anilines is 1. The van der Waals surface area contributed by atoms with Crippen molar-refractivity contribution >= 4 is 34.3 Å². The van der Waals surface area contributed by atoms with E-state index in [2.05, 4.69) is 122 Å². The van der Waals surface area contributed by atoms with Crippen LogP contribution in [0.3, 0.4) is 0 Å². The molecule has 1 saturated heterocycles. The van der Waals surface area contributed by atoms with Gasteiger partial charge in [0, 0.05) is 51.2 Å². The van der Waals surface area contributed by atoms with Gasteiger partial charge >= 0.3 is 0 Å². The van der Waals surface area contributed by atoms with Crippen LogP contribution >= 0.6 is 11.8 Å². The summed E-state index contributed by atoms with van der Waals surface area (Å²) in [4.78, 5) is 4.79. The molecule has 4 aliphatic rings. The Morgan fingerprint density at radius 2 is 1.37 bits per heavy atom. The Morgan fingerprint density at radius 1 is 0.695 bits per heavy atom. The molecule has 2 heterocycles. The van der Waals surface area contributed by atoms with Gasteiger partial charge in [-0.2, -0.15) is 0 Å². The Balaban J connectivity index is 1.24. The molecule has 6 aromatic rings. The second kappa shape index (κ2) is 15.5. The molecule has 5 nitrogen and oxygen atoms in total. The third kappa shape index (κ3) is 6.33. The van der Waals surface area contributed by atoms with Crippen LogP contribution in [-0.2, 0) is 15.8 Å². The van der Waals surface area contributed by atoms with Gasteiger partial charge in [-0.15, -0.1) is 0 Å². The lowest BCUT2D eigenvalue weighted by Crippen LogP contribution is -2.37. The first-order chi connectivity index (χ1) is 28.9. The second-order valence-corrected chi connectivity index (χ2v) is 17.9. The molecular weight excluding hydrogens is 747 g/mol. The van der Waals surface area contributed by atoms with Crippen LogP contribution in [0.4, 0.5) is 5.69 Å². The van der Waals surface area contributed by atoms with E-state index in [1.165, 1.54) is 87.0 Å². The summed E-state index contributed by atoms with van der Waals surface area (Å²) in [6.07, 6.45) is 13.3. The highest BCUT2D eigenvalue weighted by atomic mass is 32.2. The lowest BCUT2D eigenvalue weighted by atomic mass is 9.67.